The lowest BCUT2D eigenvalue weighted by Crippen LogP contribution is -2.31. The quantitative estimate of drug-likeness (QED) is 0.841. The summed E-state index contributed by atoms with van der Waals surface area (Å²) in [5.74, 6) is 0. The number of nitrogens with zero attached hydrogens (tertiary/aromatic N) is 1. The van der Waals surface area contributed by atoms with E-state index in [0.717, 1.165) is 31.4 Å². The van der Waals surface area contributed by atoms with Crippen LogP contribution in [0.5, 0.6) is 0 Å². The van der Waals surface area contributed by atoms with Gasteiger partial charge in [-0.15, -0.1) is 0 Å². The molecule has 2 aromatic rings. The molecule has 0 spiro atoms. The van der Waals surface area contributed by atoms with E-state index in [-0.39, 0.29) is 0 Å². The Hall–Kier alpha value is -1.64. The van der Waals surface area contributed by atoms with Crippen LogP contribution in [0, 0.1) is 0 Å². The minimum atomic E-state index is -0.763. The van der Waals surface area contributed by atoms with Crippen LogP contribution in [0.15, 0.2) is 60.7 Å². The number of rotatable bonds is 7. The predicted octanol–water partition coefficient (Wildman–Crippen LogP) is 3.46. The van der Waals surface area contributed by atoms with Crippen molar-refractivity contribution in [1.29, 1.82) is 0 Å². The standard InChI is InChI=1S/C19H25NO/c1-20(2)16-15-19(21,18-11-7-4-8-12-18)14-13-17-9-5-3-6-10-17/h3-12,21H,13-16H2,1-2H3. The van der Waals surface area contributed by atoms with Gasteiger partial charge in [0.1, 0.15) is 0 Å². The van der Waals surface area contributed by atoms with E-state index in [2.05, 4.69) is 29.2 Å². The van der Waals surface area contributed by atoms with E-state index >= 15 is 0 Å². The lowest BCUT2D eigenvalue weighted by atomic mass is 9.85. The highest BCUT2D eigenvalue weighted by Crippen LogP contribution is 2.30. The van der Waals surface area contributed by atoms with Crippen molar-refractivity contribution < 1.29 is 5.11 Å². The molecule has 0 aliphatic carbocycles. The first-order valence-electron chi connectivity index (χ1n) is 7.57. The molecule has 2 nitrogen and oxygen atoms in total. The molecule has 0 amide bonds. The number of aryl methyl sites for hydroxylation is 1. The summed E-state index contributed by atoms with van der Waals surface area (Å²) in [6.07, 6.45) is 2.38. The predicted molar refractivity (Wildman–Crippen MR) is 88.3 cm³/mol. The summed E-state index contributed by atoms with van der Waals surface area (Å²) in [5.41, 5.74) is 1.53. The average Bonchev–Trinajstić information content (AvgIpc) is 2.53. The highest BCUT2D eigenvalue weighted by atomic mass is 16.3. The second-order valence-electron chi connectivity index (χ2n) is 5.94. The van der Waals surface area contributed by atoms with Crippen LogP contribution >= 0.6 is 0 Å². The van der Waals surface area contributed by atoms with Crippen molar-refractivity contribution in [2.24, 2.45) is 0 Å². The van der Waals surface area contributed by atoms with Gasteiger partial charge in [0.05, 0.1) is 5.60 Å². The number of aliphatic hydroxyl groups is 1. The average molecular weight is 283 g/mol. The maximum Gasteiger partial charge on any atom is 0.0911 e. The molecule has 0 aliphatic rings. The lowest BCUT2D eigenvalue weighted by molar-refractivity contribution is 0.0126. The number of hydrogen-bond acceptors (Lipinski definition) is 2. The van der Waals surface area contributed by atoms with Crippen LogP contribution in [0.1, 0.15) is 24.0 Å². The maximum atomic E-state index is 11.2. The Morgan fingerprint density at radius 3 is 2.00 bits per heavy atom. The molecule has 112 valence electrons. The molecule has 1 atom stereocenters. The van der Waals surface area contributed by atoms with Crippen LogP contribution in [-0.2, 0) is 12.0 Å². The van der Waals surface area contributed by atoms with Crippen molar-refractivity contribution in [3.63, 3.8) is 0 Å². The Morgan fingerprint density at radius 2 is 1.43 bits per heavy atom. The summed E-state index contributed by atoms with van der Waals surface area (Å²) >= 11 is 0. The van der Waals surface area contributed by atoms with Gasteiger partial charge in [-0.3, -0.25) is 0 Å². The van der Waals surface area contributed by atoms with Gasteiger partial charge < -0.3 is 10.0 Å². The Bertz CT molecular complexity index is 524. The molecule has 0 aliphatic heterocycles. The van der Waals surface area contributed by atoms with E-state index in [9.17, 15) is 5.11 Å². The van der Waals surface area contributed by atoms with E-state index in [4.69, 9.17) is 0 Å². The van der Waals surface area contributed by atoms with Crippen molar-refractivity contribution in [1.82, 2.24) is 4.90 Å². The first-order valence-corrected chi connectivity index (χ1v) is 7.57. The highest BCUT2D eigenvalue weighted by Gasteiger charge is 2.28. The number of benzene rings is 2. The van der Waals surface area contributed by atoms with Crippen LogP contribution in [0.3, 0.4) is 0 Å². The van der Waals surface area contributed by atoms with Gasteiger partial charge in [-0.25, -0.2) is 0 Å². The van der Waals surface area contributed by atoms with Gasteiger partial charge in [0.2, 0.25) is 0 Å². The van der Waals surface area contributed by atoms with Crippen LogP contribution in [-0.4, -0.2) is 30.6 Å². The summed E-state index contributed by atoms with van der Waals surface area (Å²) in [6.45, 7) is 0.875. The van der Waals surface area contributed by atoms with Gasteiger partial charge in [-0.1, -0.05) is 60.7 Å². The third kappa shape index (κ3) is 4.69. The number of hydrogen-bond donors (Lipinski definition) is 1. The van der Waals surface area contributed by atoms with Gasteiger partial charge in [-0.2, -0.15) is 0 Å². The Labute approximate surface area is 128 Å². The topological polar surface area (TPSA) is 23.5 Å². The Kier molecular flexibility index (Phi) is 5.54. The molecule has 0 heterocycles. The van der Waals surface area contributed by atoms with Crippen molar-refractivity contribution in [3.8, 4) is 0 Å². The van der Waals surface area contributed by atoms with E-state index in [1.807, 2.05) is 50.5 Å². The normalized spacial score (nSPS) is 14.1. The monoisotopic (exact) mass is 283 g/mol. The summed E-state index contributed by atoms with van der Waals surface area (Å²) in [4.78, 5) is 2.12. The van der Waals surface area contributed by atoms with Gasteiger partial charge in [0, 0.05) is 6.54 Å². The maximum absolute atomic E-state index is 11.2. The molecule has 0 aromatic heterocycles. The molecule has 2 rings (SSSR count). The van der Waals surface area contributed by atoms with Gasteiger partial charge in [0.15, 0.2) is 0 Å². The van der Waals surface area contributed by atoms with Gasteiger partial charge >= 0.3 is 0 Å². The van der Waals surface area contributed by atoms with Crippen molar-refractivity contribution in [3.05, 3.63) is 71.8 Å². The van der Waals surface area contributed by atoms with Crippen molar-refractivity contribution >= 4 is 0 Å². The zero-order valence-corrected chi connectivity index (χ0v) is 13.0. The zero-order valence-electron chi connectivity index (χ0n) is 13.0. The molecule has 1 unspecified atom stereocenters. The summed E-state index contributed by atoms with van der Waals surface area (Å²) < 4.78 is 0. The largest absolute Gasteiger partial charge is 0.385 e. The molecule has 0 radical (unpaired) electrons. The minimum Gasteiger partial charge on any atom is -0.385 e. The Balaban J connectivity index is 2.12. The fourth-order valence-electron chi connectivity index (χ4n) is 2.57. The minimum absolute atomic E-state index is 0.745. The lowest BCUT2D eigenvalue weighted by Gasteiger charge is -2.30. The molecular weight excluding hydrogens is 258 g/mol. The molecule has 1 N–H and O–H groups in total. The van der Waals surface area contributed by atoms with E-state index in [0.29, 0.717) is 0 Å². The Morgan fingerprint density at radius 1 is 0.857 bits per heavy atom. The van der Waals surface area contributed by atoms with Crippen LogP contribution in [0.4, 0.5) is 0 Å². The fourth-order valence-corrected chi connectivity index (χ4v) is 2.57. The molecule has 2 aromatic carbocycles. The molecule has 0 saturated carbocycles. The SMILES string of the molecule is CN(C)CCC(O)(CCc1ccccc1)c1ccccc1. The second kappa shape index (κ2) is 7.39. The molecule has 0 fully saturated rings. The summed E-state index contributed by atoms with van der Waals surface area (Å²) in [5, 5.41) is 11.2. The summed E-state index contributed by atoms with van der Waals surface area (Å²) in [7, 11) is 4.09. The molecule has 0 saturated heterocycles. The van der Waals surface area contributed by atoms with E-state index in [1.165, 1.54) is 5.56 Å². The van der Waals surface area contributed by atoms with Crippen LogP contribution in [0.25, 0.3) is 0 Å². The van der Waals surface area contributed by atoms with E-state index in [1.54, 1.807) is 0 Å². The van der Waals surface area contributed by atoms with Gasteiger partial charge in [0.25, 0.3) is 0 Å². The first kappa shape index (κ1) is 15.7. The third-order valence-electron chi connectivity index (χ3n) is 3.95. The molecule has 0 bridgehead atoms. The van der Waals surface area contributed by atoms with Crippen LogP contribution in [0.2, 0.25) is 0 Å². The van der Waals surface area contributed by atoms with E-state index < -0.39 is 5.60 Å². The summed E-state index contributed by atoms with van der Waals surface area (Å²) in [6, 6.07) is 20.4. The molecule has 2 heteroatoms. The zero-order chi connectivity index (χ0) is 15.1. The third-order valence-corrected chi connectivity index (χ3v) is 3.95. The first-order chi connectivity index (χ1) is 10.1. The van der Waals surface area contributed by atoms with Crippen molar-refractivity contribution in [2.75, 3.05) is 20.6 Å². The smallest absolute Gasteiger partial charge is 0.0911 e. The molecular formula is C19H25NO. The highest BCUT2D eigenvalue weighted by molar-refractivity contribution is 5.23. The fraction of sp³-hybridized carbons (Fsp3) is 0.368. The second-order valence-corrected chi connectivity index (χ2v) is 5.94. The van der Waals surface area contributed by atoms with Crippen LogP contribution < -0.4 is 0 Å². The molecule has 21 heavy (non-hydrogen) atoms. The van der Waals surface area contributed by atoms with Gasteiger partial charge in [-0.05, 0) is 44.5 Å². The van der Waals surface area contributed by atoms with Crippen molar-refractivity contribution in [2.45, 2.75) is 24.9 Å².